The van der Waals surface area contributed by atoms with Crippen LogP contribution in [0.1, 0.15) is 0 Å². The van der Waals surface area contributed by atoms with Gasteiger partial charge in [0.15, 0.2) is 0 Å². The van der Waals surface area contributed by atoms with Crippen LogP contribution in [-0.2, 0) is 7.05 Å². The van der Waals surface area contributed by atoms with Gasteiger partial charge < -0.3 is 9.80 Å². The van der Waals surface area contributed by atoms with E-state index < -0.39 is 0 Å². The number of pyridine rings is 1. The Morgan fingerprint density at radius 2 is 1.84 bits per heavy atom. The Kier molecular flexibility index (Phi) is 2.94. The first kappa shape index (κ1) is 12.1. The topological polar surface area (TPSA) is 54.3 Å². The van der Waals surface area contributed by atoms with Gasteiger partial charge in [-0.1, -0.05) is 0 Å². The first-order valence-corrected chi connectivity index (χ1v) is 6.41. The summed E-state index contributed by atoms with van der Waals surface area (Å²) in [7, 11) is 3.77. The number of hydrogen-bond donors (Lipinski definition) is 0. The second-order valence-electron chi connectivity index (χ2n) is 4.99. The fourth-order valence-electron chi connectivity index (χ4n) is 2.33. The van der Waals surface area contributed by atoms with Gasteiger partial charge in [0.25, 0.3) is 5.56 Å². The number of hydrogen-bond acceptors (Lipinski definition) is 5. The maximum absolute atomic E-state index is 11.9. The number of anilines is 1. The van der Waals surface area contributed by atoms with Gasteiger partial charge in [0.05, 0.1) is 11.6 Å². The monoisotopic (exact) mass is 259 g/mol. The predicted octanol–water partition coefficient (Wildman–Crippen LogP) is 0.0803. The zero-order valence-corrected chi connectivity index (χ0v) is 11.2. The van der Waals surface area contributed by atoms with E-state index in [-0.39, 0.29) is 5.56 Å². The van der Waals surface area contributed by atoms with Crippen LogP contribution in [0.25, 0.3) is 10.8 Å². The van der Waals surface area contributed by atoms with Crippen molar-refractivity contribution < 1.29 is 0 Å². The number of likely N-dealkylation sites (N-methyl/N-ethyl adjacent to an activating group) is 1. The van der Waals surface area contributed by atoms with Crippen LogP contribution in [0.2, 0.25) is 0 Å². The van der Waals surface area contributed by atoms with Crippen LogP contribution in [0.3, 0.4) is 0 Å². The Morgan fingerprint density at radius 1 is 1.11 bits per heavy atom. The van der Waals surface area contributed by atoms with E-state index in [0.29, 0.717) is 5.39 Å². The van der Waals surface area contributed by atoms with Crippen LogP contribution in [0, 0.1) is 0 Å². The average molecular weight is 259 g/mol. The van der Waals surface area contributed by atoms with Crippen molar-refractivity contribution in [2.24, 2.45) is 7.05 Å². The molecule has 100 valence electrons. The van der Waals surface area contributed by atoms with Gasteiger partial charge in [-0.3, -0.25) is 4.79 Å². The summed E-state index contributed by atoms with van der Waals surface area (Å²) in [5.41, 5.74) is -0.102. The van der Waals surface area contributed by atoms with Gasteiger partial charge in [-0.2, -0.15) is 5.10 Å². The molecule has 0 spiro atoms. The maximum Gasteiger partial charge on any atom is 0.275 e. The SMILES string of the molecule is CN1CCN(c2cc3cnn(C)c(=O)c3cn2)CC1. The lowest BCUT2D eigenvalue weighted by atomic mass is 10.2. The van der Waals surface area contributed by atoms with Gasteiger partial charge in [-0.25, -0.2) is 9.67 Å². The predicted molar refractivity (Wildman–Crippen MR) is 74.5 cm³/mol. The van der Waals surface area contributed by atoms with E-state index in [1.54, 1.807) is 19.4 Å². The van der Waals surface area contributed by atoms with Crippen molar-refractivity contribution in [3.05, 3.63) is 28.8 Å². The van der Waals surface area contributed by atoms with Gasteiger partial charge in [-0.05, 0) is 13.1 Å². The number of fused-ring (bicyclic) bond motifs is 1. The fraction of sp³-hybridized carbons (Fsp3) is 0.462. The molecule has 1 aliphatic heterocycles. The zero-order valence-electron chi connectivity index (χ0n) is 11.2. The minimum atomic E-state index is -0.102. The number of rotatable bonds is 1. The third-order valence-corrected chi connectivity index (χ3v) is 3.64. The molecule has 0 atom stereocenters. The van der Waals surface area contributed by atoms with Crippen molar-refractivity contribution >= 4 is 16.6 Å². The second-order valence-corrected chi connectivity index (χ2v) is 4.99. The Labute approximate surface area is 111 Å². The molecular weight excluding hydrogens is 242 g/mol. The normalized spacial score (nSPS) is 17.1. The highest BCUT2D eigenvalue weighted by atomic mass is 16.1. The zero-order chi connectivity index (χ0) is 13.4. The number of aromatic nitrogens is 3. The summed E-state index contributed by atoms with van der Waals surface area (Å²) in [5, 5.41) is 5.53. The molecule has 0 aromatic carbocycles. The Hall–Kier alpha value is -1.95. The third kappa shape index (κ3) is 2.19. The van der Waals surface area contributed by atoms with E-state index in [9.17, 15) is 4.79 Å². The average Bonchev–Trinajstić information content (AvgIpc) is 2.43. The molecule has 0 saturated carbocycles. The summed E-state index contributed by atoms with van der Waals surface area (Å²) in [6.45, 7) is 4.00. The molecule has 2 aromatic heterocycles. The molecule has 6 heteroatoms. The number of aryl methyl sites for hydroxylation is 1. The molecule has 0 unspecified atom stereocenters. The first-order valence-electron chi connectivity index (χ1n) is 6.41. The fourth-order valence-corrected chi connectivity index (χ4v) is 2.33. The standard InChI is InChI=1S/C13H17N5O/c1-16-3-5-18(6-4-16)12-7-10-8-15-17(2)13(19)11(10)9-14-12/h7-9H,3-6H2,1-2H3. The smallest absolute Gasteiger partial charge is 0.275 e. The highest BCUT2D eigenvalue weighted by Gasteiger charge is 2.15. The molecule has 0 aliphatic carbocycles. The van der Waals surface area contributed by atoms with Crippen LogP contribution in [0.15, 0.2) is 23.3 Å². The van der Waals surface area contributed by atoms with Crippen LogP contribution in [-0.4, -0.2) is 52.9 Å². The van der Waals surface area contributed by atoms with Crippen molar-refractivity contribution in [2.45, 2.75) is 0 Å². The molecule has 3 heterocycles. The van der Waals surface area contributed by atoms with Gasteiger partial charge in [0, 0.05) is 44.8 Å². The minimum absolute atomic E-state index is 0.102. The summed E-state index contributed by atoms with van der Waals surface area (Å²) < 4.78 is 1.33. The molecule has 2 aromatic rings. The van der Waals surface area contributed by atoms with Gasteiger partial charge in [0.1, 0.15) is 5.82 Å². The van der Waals surface area contributed by atoms with E-state index >= 15 is 0 Å². The first-order chi connectivity index (χ1) is 9.15. The summed E-state index contributed by atoms with van der Waals surface area (Å²) in [6, 6.07) is 1.95. The highest BCUT2D eigenvalue weighted by Crippen LogP contribution is 2.17. The molecule has 3 rings (SSSR count). The summed E-state index contributed by atoms with van der Waals surface area (Å²) >= 11 is 0. The maximum atomic E-state index is 11.9. The Bertz CT molecular complexity index is 658. The van der Waals surface area contributed by atoms with Crippen LogP contribution >= 0.6 is 0 Å². The molecule has 0 radical (unpaired) electrons. The lowest BCUT2D eigenvalue weighted by molar-refractivity contribution is 0.312. The van der Waals surface area contributed by atoms with Crippen molar-refractivity contribution in [2.75, 3.05) is 38.1 Å². The van der Waals surface area contributed by atoms with Crippen molar-refractivity contribution in [1.82, 2.24) is 19.7 Å². The van der Waals surface area contributed by atoms with Crippen LogP contribution < -0.4 is 10.5 Å². The van der Waals surface area contributed by atoms with Gasteiger partial charge in [0.2, 0.25) is 0 Å². The lowest BCUT2D eigenvalue weighted by Gasteiger charge is -2.33. The van der Waals surface area contributed by atoms with Gasteiger partial charge in [-0.15, -0.1) is 0 Å². The molecule has 1 aliphatic rings. The number of piperazine rings is 1. The molecular formula is C13H17N5O. The molecule has 1 saturated heterocycles. The lowest BCUT2D eigenvalue weighted by Crippen LogP contribution is -2.44. The molecule has 1 fully saturated rings. The molecule has 19 heavy (non-hydrogen) atoms. The summed E-state index contributed by atoms with van der Waals surface area (Å²) in [6.07, 6.45) is 3.38. The summed E-state index contributed by atoms with van der Waals surface area (Å²) in [5.74, 6) is 0.927. The van der Waals surface area contributed by atoms with Crippen LogP contribution in [0.5, 0.6) is 0 Å². The number of nitrogens with zero attached hydrogens (tertiary/aromatic N) is 5. The minimum Gasteiger partial charge on any atom is -0.354 e. The van der Waals surface area contributed by atoms with Crippen molar-refractivity contribution in [1.29, 1.82) is 0 Å². The highest BCUT2D eigenvalue weighted by molar-refractivity contribution is 5.82. The van der Waals surface area contributed by atoms with Crippen molar-refractivity contribution in [3.63, 3.8) is 0 Å². The quantitative estimate of drug-likeness (QED) is 0.726. The Morgan fingerprint density at radius 3 is 2.58 bits per heavy atom. The molecule has 6 nitrogen and oxygen atoms in total. The largest absolute Gasteiger partial charge is 0.354 e. The van der Waals surface area contributed by atoms with Gasteiger partial charge >= 0.3 is 0 Å². The third-order valence-electron chi connectivity index (χ3n) is 3.64. The Balaban J connectivity index is 1.98. The molecule has 0 bridgehead atoms. The second kappa shape index (κ2) is 4.62. The van der Waals surface area contributed by atoms with E-state index in [4.69, 9.17) is 0 Å². The molecule has 0 amide bonds. The van der Waals surface area contributed by atoms with E-state index in [0.717, 1.165) is 37.4 Å². The van der Waals surface area contributed by atoms with E-state index in [2.05, 4.69) is 26.9 Å². The van der Waals surface area contributed by atoms with E-state index in [1.165, 1.54) is 4.68 Å². The summed E-state index contributed by atoms with van der Waals surface area (Å²) in [4.78, 5) is 20.9. The van der Waals surface area contributed by atoms with E-state index in [1.807, 2.05) is 6.07 Å². The molecule has 0 N–H and O–H groups in total. The van der Waals surface area contributed by atoms with Crippen molar-refractivity contribution in [3.8, 4) is 0 Å². The van der Waals surface area contributed by atoms with Crippen LogP contribution in [0.4, 0.5) is 5.82 Å².